The van der Waals surface area contributed by atoms with Gasteiger partial charge in [-0.2, -0.15) is 38.1 Å². The van der Waals surface area contributed by atoms with Crippen LogP contribution in [0.5, 0.6) is 23.0 Å². The Morgan fingerprint density at radius 2 is 1.09 bits per heavy atom. The van der Waals surface area contributed by atoms with Crippen LogP contribution in [-0.4, -0.2) is 39.6 Å². The zero-order chi connectivity index (χ0) is 39.2. The summed E-state index contributed by atoms with van der Waals surface area (Å²) in [5.41, 5.74) is -5.27. The fraction of sp³-hybridized carbons (Fsp3) is 0.188. The molecule has 4 aromatic rings. The van der Waals surface area contributed by atoms with Crippen LogP contribution in [0, 0.1) is 20.2 Å². The molecule has 0 fully saturated rings. The number of esters is 2. The number of thioether (sulfide) groups is 1. The topological polar surface area (TPSA) is 157 Å². The fourth-order valence-electron chi connectivity index (χ4n) is 4.25. The molecule has 21 heteroatoms. The second kappa shape index (κ2) is 16.6. The normalized spacial score (nSPS) is 11.6. The highest BCUT2D eigenvalue weighted by atomic mass is 35.5. The molecule has 4 aromatic carbocycles. The van der Waals surface area contributed by atoms with E-state index in [0.29, 0.717) is 30.0 Å². The van der Waals surface area contributed by atoms with E-state index in [2.05, 4.69) is 0 Å². The van der Waals surface area contributed by atoms with Gasteiger partial charge in [0.1, 0.15) is 34.1 Å². The number of nitro benzene ring substituents is 2. The minimum Gasteiger partial charge on any atom is -0.456 e. The Morgan fingerprint density at radius 3 is 1.42 bits per heavy atom. The van der Waals surface area contributed by atoms with Gasteiger partial charge in [-0.3, -0.25) is 20.2 Å². The molecule has 0 amide bonds. The molecule has 4 rings (SSSR count). The number of halogens is 8. The summed E-state index contributed by atoms with van der Waals surface area (Å²) in [6.45, 7) is 1.68. The molecule has 0 radical (unpaired) electrons. The van der Waals surface area contributed by atoms with Crippen molar-refractivity contribution in [3.8, 4) is 23.0 Å². The van der Waals surface area contributed by atoms with Crippen molar-refractivity contribution in [3.63, 3.8) is 0 Å². The molecule has 12 nitrogen and oxygen atoms in total. The summed E-state index contributed by atoms with van der Waals surface area (Å²) in [7, 11) is 0. The van der Waals surface area contributed by atoms with Crippen LogP contribution < -0.4 is 9.47 Å². The van der Waals surface area contributed by atoms with Gasteiger partial charge in [0.15, 0.2) is 0 Å². The van der Waals surface area contributed by atoms with Crippen LogP contribution in [-0.2, 0) is 21.8 Å². The highest BCUT2D eigenvalue weighted by Crippen LogP contribution is 2.39. The van der Waals surface area contributed by atoms with Gasteiger partial charge in [-0.05, 0) is 54.3 Å². The Balaban J connectivity index is 1.60. The van der Waals surface area contributed by atoms with Crippen molar-refractivity contribution in [2.24, 2.45) is 0 Å². The minimum atomic E-state index is -4.71. The van der Waals surface area contributed by atoms with Crippen molar-refractivity contribution in [3.05, 3.63) is 125 Å². The van der Waals surface area contributed by atoms with E-state index in [0.717, 1.165) is 60.3 Å². The maximum Gasteiger partial charge on any atom is 0.416 e. The van der Waals surface area contributed by atoms with Gasteiger partial charge in [0.05, 0.1) is 36.8 Å². The lowest BCUT2D eigenvalue weighted by atomic mass is 10.1. The van der Waals surface area contributed by atoms with Crippen molar-refractivity contribution in [2.45, 2.75) is 25.6 Å². The van der Waals surface area contributed by atoms with Crippen LogP contribution in [0.2, 0.25) is 10.0 Å². The number of nitro groups is 2. The summed E-state index contributed by atoms with van der Waals surface area (Å²) in [5.74, 6) is -3.94. The smallest absolute Gasteiger partial charge is 0.416 e. The number of alkyl halides is 6. The maximum absolute atomic E-state index is 13.3. The van der Waals surface area contributed by atoms with Crippen molar-refractivity contribution < 1.29 is 64.7 Å². The SMILES string of the molecule is CCSCC(OC(=O)c1cc(Oc2ccc(C(F)(F)F)cc2Cl)ccc1[N+](=O)[O-])OC(=O)c1cc(Oc2ccc(C(F)(F)F)cc2Cl)ccc1[N+](=O)[O-]. The Hall–Kier alpha value is -5.27. The first kappa shape index (κ1) is 40.5. The van der Waals surface area contributed by atoms with Gasteiger partial charge in [0.25, 0.3) is 17.7 Å². The maximum atomic E-state index is 13.3. The van der Waals surface area contributed by atoms with E-state index in [1.807, 2.05) is 0 Å². The lowest BCUT2D eigenvalue weighted by molar-refractivity contribution is -0.385. The minimum absolute atomic E-state index is 0.274. The van der Waals surface area contributed by atoms with Crippen LogP contribution in [0.4, 0.5) is 37.7 Å². The van der Waals surface area contributed by atoms with Gasteiger partial charge in [-0.25, -0.2) is 9.59 Å². The lowest BCUT2D eigenvalue weighted by Gasteiger charge is -2.18. The highest BCUT2D eigenvalue weighted by Gasteiger charge is 2.33. The molecule has 0 aromatic heterocycles. The van der Waals surface area contributed by atoms with Gasteiger partial charge in [0.2, 0.25) is 0 Å². The van der Waals surface area contributed by atoms with Gasteiger partial charge in [-0.15, -0.1) is 0 Å². The molecule has 0 spiro atoms. The summed E-state index contributed by atoms with van der Waals surface area (Å²) in [5, 5.41) is 22.6. The molecule has 0 aliphatic rings. The van der Waals surface area contributed by atoms with E-state index in [9.17, 15) is 56.2 Å². The van der Waals surface area contributed by atoms with Gasteiger partial charge >= 0.3 is 24.3 Å². The average Bonchev–Trinajstić information content (AvgIpc) is 3.07. The molecular weight excluding hydrogens is 789 g/mol. The average molecular weight is 809 g/mol. The van der Waals surface area contributed by atoms with E-state index in [4.69, 9.17) is 42.1 Å². The molecule has 0 unspecified atom stereocenters. The Kier molecular flexibility index (Phi) is 12.7. The van der Waals surface area contributed by atoms with Gasteiger partial charge in [0, 0.05) is 24.3 Å². The van der Waals surface area contributed by atoms with Crippen molar-refractivity contribution >= 4 is 58.3 Å². The number of carbonyl (C=O) groups excluding carboxylic acids is 2. The summed E-state index contributed by atoms with van der Waals surface area (Å²) >= 11 is 12.9. The third kappa shape index (κ3) is 10.4. The number of carbonyl (C=O) groups is 2. The molecule has 0 atom stereocenters. The number of rotatable bonds is 13. The fourth-order valence-corrected chi connectivity index (χ4v) is 5.25. The summed E-state index contributed by atoms with van der Waals surface area (Å²) in [4.78, 5) is 48.2. The Morgan fingerprint density at radius 1 is 0.698 bits per heavy atom. The Labute approximate surface area is 307 Å². The number of hydrogen-bond donors (Lipinski definition) is 0. The quantitative estimate of drug-likeness (QED) is 0.0416. The summed E-state index contributed by atoms with van der Waals surface area (Å²) in [6, 6.07) is 9.67. The van der Waals surface area contributed by atoms with E-state index >= 15 is 0 Å². The van der Waals surface area contributed by atoms with Gasteiger partial charge in [-0.1, -0.05) is 30.1 Å². The zero-order valence-corrected chi connectivity index (χ0v) is 28.7. The van der Waals surface area contributed by atoms with E-state index < -0.39 is 84.1 Å². The molecule has 0 bridgehead atoms. The second-order valence-corrected chi connectivity index (χ2v) is 12.4. The van der Waals surface area contributed by atoms with Crippen molar-refractivity contribution in [2.75, 3.05) is 11.5 Å². The van der Waals surface area contributed by atoms with Crippen LogP contribution in [0.3, 0.4) is 0 Å². The first-order valence-corrected chi connectivity index (χ1v) is 16.3. The third-order valence-corrected chi connectivity index (χ3v) is 8.19. The monoisotopic (exact) mass is 808 g/mol. The predicted octanol–water partition coefficient (Wildman–Crippen LogP) is 10.5. The van der Waals surface area contributed by atoms with E-state index in [1.165, 1.54) is 0 Å². The second-order valence-electron chi connectivity index (χ2n) is 10.3. The Bertz CT molecular complexity index is 1930. The first-order chi connectivity index (χ1) is 24.8. The van der Waals surface area contributed by atoms with E-state index in [1.54, 1.807) is 6.92 Å². The zero-order valence-electron chi connectivity index (χ0n) is 26.3. The number of hydrogen-bond acceptors (Lipinski definition) is 11. The summed E-state index contributed by atoms with van der Waals surface area (Å²) in [6.07, 6.45) is -11.2. The molecule has 53 heavy (non-hydrogen) atoms. The number of nitrogens with zero attached hydrogens (tertiary/aromatic N) is 2. The molecule has 0 saturated carbocycles. The number of benzene rings is 4. The molecule has 0 N–H and O–H groups in total. The summed E-state index contributed by atoms with van der Waals surface area (Å²) < 4.78 is 99.7. The molecule has 280 valence electrons. The largest absolute Gasteiger partial charge is 0.456 e. The van der Waals surface area contributed by atoms with Crippen molar-refractivity contribution in [1.29, 1.82) is 0 Å². The van der Waals surface area contributed by atoms with Crippen molar-refractivity contribution in [1.82, 2.24) is 0 Å². The van der Waals surface area contributed by atoms with Gasteiger partial charge < -0.3 is 18.9 Å². The highest BCUT2D eigenvalue weighted by molar-refractivity contribution is 7.99. The molecule has 0 aliphatic heterocycles. The molecule has 0 heterocycles. The standard InChI is InChI=1S/C32H20Cl2F6N2O10S/c1-2-53-15-28(51-29(43)20-13-18(5-7-24(20)41(45)46)49-26-9-3-16(11-22(26)33)31(35,36)37)52-30(44)21-14-19(6-8-25(21)42(47)48)50-27-10-4-17(12-23(27)34)32(38,39)40/h3-14,28H,2,15H2,1H3. The number of ether oxygens (including phenoxy) is 4. The first-order valence-electron chi connectivity index (χ1n) is 14.4. The van der Waals surface area contributed by atoms with Crippen LogP contribution in [0.25, 0.3) is 0 Å². The predicted molar refractivity (Wildman–Crippen MR) is 177 cm³/mol. The van der Waals surface area contributed by atoms with E-state index in [-0.39, 0.29) is 28.8 Å². The molecule has 0 saturated heterocycles. The van der Waals surface area contributed by atoms with Crippen LogP contribution in [0.1, 0.15) is 38.8 Å². The lowest BCUT2D eigenvalue weighted by Crippen LogP contribution is -2.28. The van der Waals surface area contributed by atoms with Crippen LogP contribution in [0.15, 0.2) is 72.8 Å². The van der Waals surface area contributed by atoms with Crippen LogP contribution >= 0.6 is 35.0 Å². The molecular formula is C32H20Cl2F6N2O10S. The molecule has 0 aliphatic carbocycles. The third-order valence-electron chi connectivity index (χ3n) is 6.68.